The molecule has 0 aliphatic rings. The fraction of sp³-hybridized carbons (Fsp3) is 0.231. The van der Waals surface area contributed by atoms with Gasteiger partial charge in [0.15, 0.2) is 0 Å². The number of carbonyl (C=O) groups excluding carboxylic acids is 1. The Morgan fingerprint density at radius 2 is 2.15 bits per heavy atom. The molecule has 0 fully saturated rings. The summed E-state index contributed by atoms with van der Waals surface area (Å²) >= 11 is 0. The molecule has 1 amide bonds. The molecule has 7 heteroatoms. The number of aryl methyl sites for hydroxylation is 2. The minimum absolute atomic E-state index is 0.0248. The zero-order chi connectivity index (χ0) is 14.7. The highest BCUT2D eigenvalue weighted by Crippen LogP contribution is 2.05. The lowest BCUT2D eigenvalue weighted by Gasteiger charge is -2.04. The molecule has 0 saturated heterocycles. The van der Waals surface area contributed by atoms with Crippen molar-refractivity contribution in [3.05, 3.63) is 47.0 Å². The summed E-state index contributed by atoms with van der Waals surface area (Å²) in [4.78, 5) is 26.4. The van der Waals surface area contributed by atoms with E-state index in [4.69, 9.17) is 5.11 Å². The molecule has 104 valence electrons. The first kappa shape index (κ1) is 13.7. The molecule has 2 N–H and O–H groups in total. The van der Waals surface area contributed by atoms with Crippen LogP contribution < -0.4 is 5.32 Å². The molecule has 20 heavy (non-hydrogen) atoms. The van der Waals surface area contributed by atoms with Crippen LogP contribution in [0.25, 0.3) is 0 Å². The summed E-state index contributed by atoms with van der Waals surface area (Å²) in [5.41, 5.74) is 1.88. The molecule has 0 aliphatic heterocycles. The van der Waals surface area contributed by atoms with E-state index in [2.05, 4.69) is 15.4 Å². The van der Waals surface area contributed by atoms with Crippen molar-refractivity contribution in [1.29, 1.82) is 0 Å². The van der Waals surface area contributed by atoms with Gasteiger partial charge in [0.2, 0.25) is 0 Å². The Bertz CT molecular complexity index is 646. The van der Waals surface area contributed by atoms with Gasteiger partial charge in [-0.2, -0.15) is 5.10 Å². The lowest BCUT2D eigenvalue weighted by molar-refractivity contribution is 0.0690. The van der Waals surface area contributed by atoms with Crippen LogP contribution in [-0.2, 0) is 13.6 Å². The monoisotopic (exact) mass is 274 g/mol. The molecule has 2 rings (SSSR count). The van der Waals surface area contributed by atoms with Crippen molar-refractivity contribution in [2.75, 3.05) is 0 Å². The Morgan fingerprint density at radius 1 is 1.40 bits per heavy atom. The molecule has 0 bridgehead atoms. The fourth-order valence-electron chi connectivity index (χ4n) is 1.76. The number of aromatic carboxylic acids is 1. The van der Waals surface area contributed by atoms with Crippen LogP contribution in [0.4, 0.5) is 0 Å². The van der Waals surface area contributed by atoms with E-state index in [1.807, 2.05) is 0 Å². The van der Waals surface area contributed by atoms with Crippen LogP contribution in [-0.4, -0.2) is 31.7 Å². The molecule has 0 spiro atoms. The summed E-state index contributed by atoms with van der Waals surface area (Å²) in [6.45, 7) is 2.04. The topological polar surface area (TPSA) is 97.1 Å². The van der Waals surface area contributed by atoms with Crippen molar-refractivity contribution in [3.8, 4) is 0 Å². The Balaban J connectivity index is 2.00. The zero-order valence-electron chi connectivity index (χ0n) is 11.1. The third-order valence-electron chi connectivity index (χ3n) is 2.76. The molecule has 0 aromatic carbocycles. The first-order valence-electron chi connectivity index (χ1n) is 5.94. The molecule has 2 aromatic heterocycles. The largest absolute Gasteiger partial charge is 0.477 e. The molecular weight excluding hydrogens is 260 g/mol. The van der Waals surface area contributed by atoms with Crippen LogP contribution in [0.3, 0.4) is 0 Å². The lowest BCUT2D eigenvalue weighted by Crippen LogP contribution is -2.23. The highest BCUT2D eigenvalue weighted by Gasteiger charge is 2.12. The molecule has 0 atom stereocenters. The van der Waals surface area contributed by atoms with Gasteiger partial charge in [-0.3, -0.25) is 9.48 Å². The number of carbonyl (C=O) groups is 2. The summed E-state index contributed by atoms with van der Waals surface area (Å²) in [6, 6.07) is 3.02. The minimum Gasteiger partial charge on any atom is -0.477 e. The second kappa shape index (κ2) is 5.52. The van der Waals surface area contributed by atoms with Crippen LogP contribution in [0.15, 0.2) is 24.5 Å². The lowest BCUT2D eigenvalue weighted by atomic mass is 10.2. The summed E-state index contributed by atoms with van der Waals surface area (Å²) in [6.07, 6.45) is 3.08. The standard InChI is InChI=1S/C13H14N4O3/c1-8-10(7-17(2)16-8)12(18)15-6-9-3-4-11(13(19)20)14-5-9/h3-5,7H,6H2,1-2H3,(H,15,18)(H,19,20). The van der Waals surface area contributed by atoms with Crippen molar-refractivity contribution in [2.24, 2.45) is 7.05 Å². The highest BCUT2D eigenvalue weighted by molar-refractivity contribution is 5.94. The van der Waals surface area contributed by atoms with Gasteiger partial charge >= 0.3 is 5.97 Å². The zero-order valence-corrected chi connectivity index (χ0v) is 11.1. The number of carboxylic acids is 1. The van der Waals surface area contributed by atoms with Crippen LogP contribution >= 0.6 is 0 Å². The molecule has 0 aliphatic carbocycles. The first-order valence-corrected chi connectivity index (χ1v) is 5.94. The second-order valence-corrected chi connectivity index (χ2v) is 4.34. The quantitative estimate of drug-likeness (QED) is 0.857. The maximum atomic E-state index is 11.9. The number of aromatic nitrogens is 3. The first-order chi connectivity index (χ1) is 9.47. The molecule has 0 unspecified atom stereocenters. The molecular formula is C13H14N4O3. The van der Waals surface area contributed by atoms with E-state index in [1.165, 1.54) is 12.3 Å². The van der Waals surface area contributed by atoms with Gasteiger partial charge in [0.05, 0.1) is 11.3 Å². The summed E-state index contributed by atoms with van der Waals surface area (Å²) < 4.78 is 1.58. The predicted octanol–water partition coefficient (Wildman–Crippen LogP) is 0.752. The maximum absolute atomic E-state index is 11.9. The summed E-state index contributed by atoms with van der Waals surface area (Å²) in [5.74, 6) is -1.30. The molecule has 7 nitrogen and oxygen atoms in total. The van der Waals surface area contributed by atoms with Crippen LogP contribution in [0.5, 0.6) is 0 Å². The van der Waals surface area contributed by atoms with Crippen LogP contribution in [0.1, 0.15) is 32.1 Å². The van der Waals surface area contributed by atoms with E-state index in [0.29, 0.717) is 11.3 Å². The highest BCUT2D eigenvalue weighted by atomic mass is 16.4. The van der Waals surface area contributed by atoms with Crippen LogP contribution in [0, 0.1) is 6.92 Å². The Morgan fingerprint density at radius 3 is 2.65 bits per heavy atom. The van der Waals surface area contributed by atoms with Crippen molar-refractivity contribution in [1.82, 2.24) is 20.1 Å². The number of hydrogen-bond acceptors (Lipinski definition) is 4. The van der Waals surface area contributed by atoms with Gasteiger partial charge < -0.3 is 10.4 Å². The third kappa shape index (κ3) is 3.00. The van der Waals surface area contributed by atoms with E-state index < -0.39 is 5.97 Å². The maximum Gasteiger partial charge on any atom is 0.354 e. The number of rotatable bonds is 4. The van der Waals surface area contributed by atoms with Gasteiger partial charge in [-0.1, -0.05) is 6.07 Å². The van der Waals surface area contributed by atoms with E-state index in [9.17, 15) is 9.59 Å². The fourth-order valence-corrected chi connectivity index (χ4v) is 1.76. The van der Waals surface area contributed by atoms with Crippen molar-refractivity contribution >= 4 is 11.9 Å². The SMILES string of the molecule is Cc1nn(C)cc1C(=O)NCc1ccc(C(=O)O)nc1. The van der Waals surface area contributed by atoms with Gasteiger partial charge in [-0.05, 0) is 18.6 Å². The van der Waals surface area contributed by atoms with E-state index in [1.54, 1.807) is 30.9 Å². The number of nitrogens with one attached hydrogen (secondary N) is 1. The van der Waals surface area contributed by atoms with Crippen molar-refractivity contribution < 1.29 is 14.7 Å². The van der Waals surface area contributed by atoms with Crippen molar-refractivity contribution in [2.45, 2.75) is 13.5 Å². The van der Waals surface area contributed by atoms with Gasteiger partial charge in [0.1, 0.15) is 5.69 Å². The molecule has 2 aromatic rings. The molecule has 0 saturated carbocycles. The number of amides is 1. The van der Waals surface area contributed by atoms with E-state index >= 15 is 0 Å². The number of hydrogen-bond donors (Lipinski definition) is 2. The average molecular weight is 274 g/mol. The predicted molar refractivity (Wildman–Crippen MR) is 70.3 cm³/mol. The molecule has 2 heterocycles. The Hall–Kier alpha value is -2.70. The summed E-state index contributed by atoms with van der Waals surface area (Å²) in [7, 11) is 1.75. The van der Waals surface area contributed by atoms with Crippen molar-refractivity contribution in [3.63, 3.8) is 0 Å². The average Bonchev–Trinajstić information content (AvgIpc) is 2.75. The van der Waals surface area contributed by atoms with Gasteiger partial charge in [-0.25, -0.2) is 9.78 Å². The van der Waals surface area contributed by atoms with Crippen LogP contribution in [0.2, 0.25) is 0 Å². The minimum atomic E-state index is -1.08. The van der Waals surface area contributed by atoms with Gasteiger partial charge in [0, 0.05) is 26.0 Å². The number of nitrogens with zero attached hydrogens (tertiary/aromatic N) is 3. The third-order valence-corrected chi connectivity index (χ3v) is 2.76. The molecule has 0 radical (unpaired) electrons. The van der Waals surface area contributed by atoms with Gasteiger partial charge in [-0.15, -0.1) is 0 Å². The van der Waals surface area contributed by atoms with E-state index in [0.717, 1.165) is 5.56 Å². The summed E-state index contributed by atoms with van der Waals surface area (Å²) in [5, 5.41) is 15.6. The number of carboxylic acid groups (broad SMARTS) is 1. The Labute approximate surface area is 115 Å². The van der Waals surface area contributed by atoms with Gasteiger partial charge in [0.25, 0.3) is 5.91 Å². The second-order valence-electron chi connectivity index (χ2n) is 4.34. The smallest absolute Gasteiger partial charge is 0.354 e. The Kier molecular flexibility index (Phi) is 3.79. The van der Waals surface area contributed by atoms with E-state index in [-0.39, 0.29) is 18.1 Å². The number of pyridine rings is 1. The normalized spacial score (nSPS) is 10.3.